The van der Waals surface area contributed by atoms with Crippen molar-refractivity contribution in [3.05, 3.63) is 78.0 Å². The summed E-state index contributed by atoms with van der Waals surface area (Å²) >= 11 is 0. The van der Waals surface area contributed by atoms with E-state index in [-0.39, 0.29) is 5.78 Å². The quantitative estimate of drug-likeness (QED) is 0.637. The Morgan fingerprint density at radius 2 is 1.43 bits per heavy atom. The van der Waals surface area contributed by atoms with Gasteiger partial charge in [-0.2, -0.15) is 0 Å². The molecule has 3 nitrogen and oxygen atoms in total. The summed E-state index contributed by atoms with van der Waals surface area (Å²) in [6, 6.07) is 19.9. The Hall–Kier alpha value is -2.55. The van der Waals surface area contributed by atoms with Crippen molar-refractivity contribution in [3.8, 4) is 0 Å². The molecule has 0 unspecified atom stereocenters. The number of allylic oxidation sites excluding steroid dienone is 2. The van der Waals surface area contributed by atoms with Crippen LogP contribution >= 0.6 is 0 Å². The van der Waals surface area contributed by atoms with Gasteiger partial charge in [-0.1, -0.05) is 48.5 Å². The van der Waals surface area contributed by atoms with Crippen molar-refractivity contribution in [2.24, 2.45) is 0 Å². The van der Waals surface area contributed by atoms with Crippen molar-refractivity contribution >= 4 is 11.5 Å². The van der Waals surface area contributed by atoms with Gasteiger partial charge in [0.2, 0.25) is 0 Å². The molecular weight excluding hydrogens is 284 g/mol. The Morgan fingerprint density at radius 3 is 2.04 bits per heavy atom. The summed E-state index contributed by atoms with van der Waals surface area (Å²) < 4.78 is 0. The van der Waals surface area contributed by atoms with E-state index in [4.69, 9.17) is 0 Å². The fourth-order valence-corrected chi connectivity index (χ4v) is 2.92. The number of carbonyl (C=O) groups is 1. The molecule has 2 aromatic carbocycles. The Kier molecular flexibility index (Phi) is 4.77. The molecule has 3 heteroatoms. The average Bonchev–Trinajstić information content (AvgIpc) is 2.63. The predicted octanol–water partition coefficient (Wildman–Crippen LogP) is 3.60. The van der Waals surface area contributed by atoms with Crippen LogP contribution in [0.3, 0.4) is 0 Å². The van der Waals surface area contributed by atoms with Gasteiger partial charge < -0.3 is 9.80 Å². The number of para-hydroxylation sites is 1. The number of carbonyl (C=O) groups excluding carboxylic acids is 1. The number of piperazine rings is 1. The van der Waals surface area contributed by atoms with Crippen molar-refractivity contribution in [2.75, 3.05) is 31.1 Å². The van der Waals surface area contributed by atoms with Gasteiger partial charge >= 0.3 is 0 Å². The summed E-state index contributed by atoms with van der Waals surface area (Å²) in [5, 5.41) is 0. The first-order chi connectivity index (χ1) is 11.2. The van der Waals surface area contributed by atoms with E-state index in [1.54, 1.807) is 6.08 Å². The molecule has 0 aromatic heterocycles. The first kappa shape index (κ1) is 15.3. The molecule has 0 spiro atoms. The van der Waals surface area contributed by atoms with Crippen LogP contribution in [-0.4, -0.2) is 36.9 Å². The maximum absolute atomic E-state index is 12.3. The van der Waals surface area contributed by atoms with Crippen LogP contribution in [0.15, 0.2) is 72.4 Å². The van der Waals surface area contributed by atoms with E-state index in [9.17, 15) is 4.79 Å². The molecule has 0 N–H and O–H groups in total. The van der Waals surface area contributed by atoms with Crippen LogP contribution in [-0.2, 0) is 0 Å². The molecule has 1 aliphatic heterocycles. The summed E-state index contributed by atoms with van der Waals surface area (Å²) in [6.07, 6.45) is 1.76. The lowest BCUT2D eigenvalue weighted by molar-refractivity contribution is 0.104. The Bertz CT molecular complexity index is 671. The molecule has 0 bridgehead atoms. The fraction of sp³-hybridized carbons (Fsp3) is 0.250. The van der Waals surface area contributed by atoms with Crippen LogP contribution < -0.4 is 4.90 Å². The number of hydrogen-bond donors (Lipinski definition) is 0. The largest absolute Gasteiger partial charge is 0.371 e. The zero-order chi connectivity index (χ0) is 16.1. The third-order valence-corrected chi connectivity index (χ3v) is 4.30. The number of anilines is 1. The summed E-state index contributed by atoms with van der Waals surface area (Å²) in [6.45, 7) is 5.88. The molecule has 1 saturated heterocycles. The van der Waals surface area contributed by atoms with Gasteiger partial charge in [0, 0.05) is 49.2 Å². The van der Waals surface area contributed by atoms with Gasteiger partial charge in [0.05, 0.1) is 0 Å². The number of nitrogens with zero attached hydrogens (tertiary/aromatic N) is 2. The second-order valence-corrected chi connectivity index (χ2v) is 5.83. The van der Waals surface area contributed by atoms with E-state index in [0.717, 1.165) is 37.4 Å². The molecule has 1 heterocycles. The Morgan fingerprint density at radius 1 is 0.870 bits per heavy atom. The van der Waals surface area contributed by atoms with E-state index >= 15 is 0 Å². The highest BCUT2D eigenvalue weighted by molar-refractivity contribution is 6.04. The summed E-state index contributed by atoms with van der Waals surface area (Å²) in [5.74, 6) is 0.0774. The summed E-state index contributed by atoms with van der Waals surface area (Å²) in [5.41, 5.74) is 3.07. The summed E-state index contributed by atoms with van der Waals surface area (Å²) in [4.78, 5) is 17.0. The molecule has 0 aliphatic carbocycles. The highest BCUT2D eigenvalue weighted by Crippen LogP contribution is 2.17. The maximum atomic E-state index is 12.3. The third-order valence-electron chi connectivity index (χ3n) is 4.30. The Balaban J connectivity index is 1.61. The lowest BCUT2D eigenvalue weighted by Crippen LogP contribution is -2.45. The van der Waals surface area contributed by atoms with Gasteiger partial charge in [-0.3, -0.25) is 4.79 Å². The number of benzene rings is 2. The van der Waals surface area contributed by atoms with Crippen molar-refractivity contribution in [2.45, 2.75) is 6.92 Å². The van der Waals surface area contributed by atoms with E-state index in [0.29, 0.717) is 0 Å². The lowest BCUT2D eigenvalue weighted by Gasteiger charge is -2.37. The molecule has 0 radical (unpaired) electrons. The second kappa shape index (κ2) is 7.14. The van der Waals surface area contributed by atoms with Gasteiger partial charge in [0.1, 0.15) is 0 Å². The van der Waals surface area contributed by atoms with Gasteiger partial charge in [0.25, 0.3) is 0 Å². The SMILES string of the molecule is C/C(=C\C(=O)c1ccccc1)N1CCN(c2ccccc2)CC1. The van der Waals surface area contributed by atoms with Gasteiger partial charge in [-0.25, -0.2) is 0 Å². The van der Waals surface area contributed by atoms with Crippen LogP contribution in [0.4, 0.5) is 5.69 Å². The molecule has 0 saturated carbocycles. The van der Waals surface area contributed by atoms with Crippen LogP contribution in [0, 0.1) is 0 Å². The fourth-order valence-electron chi connectivity index (χ4n) is 2.92. The zero-order valence-electron chi connectivity index (χ0n) is 13.5. The molecule has 0 atom stereocenters. The highest BCUT2D eigenvalue weighted by Gasteiger charge is 2.17. The van der Waals surface area contributed by atoms with Crippen LogP contribution in [0.25, 0.3) is 0 Å². The minimum atomic E-state index is 0.0774. The van der Waals surface area contributed by atoms with Crippen LogP contribution in [0.5, 0.6) is 0 Å². The predicted molar refractivity (Wildman–Crippen MR) is 94.8 cm³/mol. The van der Waals surface area contributed by atoms with Gasteiger partial charge in [0.15, 0.2) is 5.78 Å². The normalized spacial score (nSPS) is 15.6. The lowest BCUT2D eigenvalue weighted by atomic mass is 10.1. The van der Waals surface area contributed by atoms with Crippen LogP contribution in [0.2, 0.25) is 0 Å². The summed E-state index contributed by atoms with van der Waals surface area (Å²) in [7, 11) is 0. The molecule has 118 valence electrons. The van der Waals surface area contributed by atoms with E-state index < -0.39 is 0 Å². The molecule has 1 fully saturated rings. The molecule has 0 amide bonds. The standard InChI is InChI=1S/C20H22N2O/c1-17(16-20(23)18-8-4-2-5-9-18)21-12-14-22(15-13-21)19-10-6-3-7-11-19/h2-11,16H,12-15H2,1H3/b17-16+. The minimum Gasteiger partial charge on any atom is -0.371 e. The van der Waals surface area contributed by atoms with Gasteiger partial charge in [-0.15, -0.1) is 0 Å². The van der Waals surface area contributed by atoms with E-state index in [2.05, 4.69) is 34.1 Å². The molecule has 2 aromatic rings. The monoisotopic (exact) mass is 306 g/mol. The smallest absolute Gasteiger partial charge is 0.187 e. The highest BCUT2D eigenvalue weighted by atomic mass is 16.1. The average molecular weight is 306 g/mol. The maximum Gasteiger partial charge on any atom is 0.187 e. The van der Waals surface area contributed by atoms with E-state index in [1.807, 2.05) is 43.3 Å². The van der Waals surface area contributed by atoms with Crippen molar-refractivity contribution < 1.29 is 4.79 Å². The van der Waals surface area contributed by atoms with Crippen molar-refractivity contribution in [1.29, 1.82) is 0 Å². The van der Waals surface area contributed by atoms with Crippen molar-refractivity contribution in [3.63, 3.8) is 0 Å². The molecule has 1 aliphatic rings. The zero-order valence-corrected chi connectivity index (χ0v) is 13.5. The van der Waals surface area contributed by atoms with Gasteiger partial charge in [-0.05, 0) is 19.1 Å². The van der Waals surface area contributed by atoms with Crippen molar-refractivity contribution in [1.82, 2.24) is 4.90 Å². The number of ketones is 1. The molecular formula is C20H22N2O. The topological polar surface area (TPSA) is 23.6 Å². The van der Waals surface area contributed by atoms with E-state index in [1.165, 1.54) is 5.69 Å². The molecule has 23 heavy (non-hydrogen) atoms. The first-order valence-corrected chi connectivity index (χ1v) is 8.06. The molecule has 3 rings (SSSR count). The minimum absolute atomic E-state index is 0.0774. The second-order valence-electron chi connectivity index (χ2n) is 5.83. The number of hydrogen-bond acceptors (Lipinski definition) is 3. The first-order valence-electron chi connectivity index (χ1n) is 8.06. The Labute approximate surface area is 137 Å². The third kappa shape index (κ3) is 3.81. The van der Waals surface area contributed by atoms with Crippen LogP contribution in [0.1, 0.15) is 17.3 Å². The number of rotatable bonds is 4.